The van der Waals surface area contributed by atoms with Gasteiger partial charge in [-0.15, -0.1) is 0 Å². The number of hydrogen-bond donors (Lipinski definition) is 3. The molecule has 13 heavy (non-hydrogen) atoms. The number of aromatic nitrogens is 3. The number of rotatable bonds is 1. The van der Waals surface area contributed by atoms with Gasteiger partial charge in [-0.2, -0.15) is 5.10 Å². The van der Waals surface area contributed by atoms with E-state index >= 15 is 0 Å². The number of piperidine rings is 1. The standard InChI is InChI=1S/C8H14N4O/c1-5-4-6(2-3-9-5)7-10-8(13)12-11-7/h5-6,9H,2-4H2,1H3,(H2,10,11,12,13). The molecule has 2 atom stereocenters. The third-order valence-electron chi connectivity index (χ3n) is 2.53. The molecule has 5 nitrogen and oxygen atoms in total. The van der Waals surface area contributed by atoms with Crippen LogP contribution in [0.15, 0.2) is 4.79 Å². The van der Waals surface area contributed by atoms with E-state index in [1.807, 2.05) is 0 Å². The first-order valence-corrected chi connectivity index (χ1v) is 4.63. The normalized spacial score (nSPS) is 29.0. The Hall–Kier alpha value is -1.10. The predicted octanol–water partition coefficient (Wildman–Crippen LogP) is -0.0465. The highest BCUT2D eigenvalue weighted by Crippen LogP contribution is 2.23. The van der Waals surface area contributed by atoms with Crippen LogP contribution in [0.4, 0.5) is 0 Å². The van der Waals surface area contributed by atoms with Gasteiger partial charge in [0.1, 0.15) is 5.82 Å². The fourth-order valence-corrected chi connectivity index (χ4v) is 1.86. The van der Waals surface area contributed by atoms with Crippen molar-refractivity contribution < 1.29 is 0 Å². The van der Waals surface area contributed by atoms with E-state index in [1.54, 1.807) is 0 Å². The van der Waals surface area contributed by atoms with E-state index in [1.165, 1.54) is 0 Å². The van der Waals surface area contributed by atoms with Crippen LogP contribution in [-0.4, -0.2) is 27.8 Å². The first-order chi connectivity index (χ1) is 6.25. The van der Waals surface area contributed by atoms with Crippen LogP contribution >= 0.6 is 0 Å². The van der Waals surface area contributed by atoms with Crippen LogP contribution in [0.5, 0.6) is 0 Å². The first kappa shape index (κ1) is 8.50. The second-order valence-electron chi connectivity index (χ2n) is 3.64. The molecular formula is C8H14N4O. The van der Waals surface area contributed by atoms with Gasteiger partial charge in [-0.3, -0.25) is 4.98 Å². The average molecular weight is 182 g/mol. The van der Waals surface area contributed by atoms with Gasteiger partial charge < -0.3 is 5.32 Å². The summed E-state index contributed by atoms with van der Waals surface area (Å²) in [6.45, 7) is 3.15. The average Bonchev–Trinajstić information content (AvgIpc) is 2.52. The van der Waals surface area contributed by atoms with Gasteiger partial charge in [-0.25, -0.2) is 9.89 Å². The highest BCUT2D eigenvalue weighted by atomic mass is 16.1. The Morgan fingerprint density at radius 2 is 2.38 bits per heavy atom. The van der Waals surface area contributed by atoms with Crippen LogP contribution < -0.4 is 11.0 Å². The predicted molar refractivity (Wildman–Crippen MR) is 48.6 cm³/mol. The summed E-state index contributed by atoms with van der Waals surface area (Å²) in [5.74, 6) is 1.20. The van der Waals surface area contributed by atoms with E-state index in [9.17, 15) is 4.79 Å². The summed E-state index contributed by atoms with van der Waals surface area (Å²) in [5.41, 5.74) is -0.207. The van der Waals surface area contributed by atoms with E-state index in [2.05, 4.69) is 27.4 Å². The molecule has 2 unspecified atom stereocenters. The van der Waals surface area contributed by atoms with Gasteiger partial charge in [0.25, 0.3) is 0 Å². The van der Waals surface area contributed by atoms with Gasteiger partial charge in [0.15, 0.2) is 0 Å². The van der Waals surface area contributed by atoms with Gasteiger partial charge in [-0.1, -0.05) is 0 Å². The lowest BCUT2D eigenvalue weighted by Gasteiger charge is -2.26. The quantitative estimate of drug-likeness (QED) is 0.570. The molecule has 0 spiro atoms. The van der Waals surface area contributed by atoms with Crippen molar-refractivity contribution in [3.8, 4) is 0 Å². The second-order valence-corrected chi connectivity index (χ2v) is 3.64. The summed E-state index contributed by atoms with van der Waals surface area (Å²) in [6.07, 6.45) is 2.09. The van der Waals surface area contributed by atoms with Crippen molar-refractivity contribution in [2.45, 2.75) is 31.7 Å². The maximum Gasteiger partial charge on any atom is 0.340 e. The Morgan fingerprint density at radius 3 is 3.00 bits per heavy atom. The summed E-state index contributed by atoms with van der Waals surface area (Å²) < 4.78 is 0. The van der Waals surface area contributed by atoms with E-state index < -0.39 is 0 Å². The Morgan fingerprint density at radius 1 is 1.54 bits per heavy atom. The molecule has 1 saturated heterocycles. The van der Waals surface area contributed by atoms with Crippen LogP contribution in [0.2, 0.25) is 0 Å². The number of hydrogen-bond acceptors (Lipinski definition) is 3. The van der Waals surface area contributed by atoms with Crippen molar-refractivity contribution in [1.29, 1.82) is 0 Å². The number of nitrogens with zero attached hydrogens (tertiary/aromatic N) is 1. The molecule has 0 saturated carbocycles. The van der Waals surface area contributed by atoms with Gasteiger partial charge in [0, 0.05) is 12.0 Å². The minimum atomic E-state index is -0.207. The van der Waals surface area contributed by atoms with Crippen LogP contribution in [-0.2, 0) is 0 Å². The topological polar surface area (TPSA) is 73.6 Å². The molecule has 1 aromatic rings. The van der Waals surface area contributed by atoms with Crippen LogP contribution in [0.3, 0.4) is 0 Å². The summed E-state index contributed by atoms with van der Waals surface area (Å²) in [6, 6.07) is 0.513. The smallest absolute Gasteiger partial charge is 0.314 e. The minimum absolute atomic E-state index is 0.207. The fraction of sp³-hybridized carbons (Fsp3) is 0.750. The van der Waals surface area contributed by atoms with Crippen LogP contribution in [0.25, 0.3) is 0 Å². The SMILES string of the molecule is CC1CC(c2n[nH]c(=O)[nH]2)CCN1. The summed E-state index contributed by atoms with van der Waals surface area (Å²) >= 11 is 0. The van der Waals surface area contributed by atoms with Crippen LogP contribution in [0, 0.1) is 0 Å². The van der Waals surface area contributed by atoms with E-state index in [0.29, 0.717) is 12.0 Å². The van der Waals surface area contributed by atoms with E-state index in [4.69, 9.17) is 0 Å². The first-order valence-electron chi connectivity index (χ1n) is 4.63. The van der Waals surface area contributed by atoms with E-state index in [0.717, 1.165) is 25.2 Å². The zero-order chi connectivity index (χ0) is 9.26. The third-order valence-corrected chi connectivity index (χ3v) is 2.53. The number of H-pyrrole nitrogens is 2. The van der Waals surface area contributed by atoms with Crippen molar-refractivity contribution >= 4 is 0 Å². The molecule has 2 rings (SSSR count). The van der Waals surface area contributed by atoms with E-state index in [-0.39, 0.29) is 5.69 Å². The molecule has 0 amide bonds. The molecule has 1 aliphatic rings. The lowest BCUT2D eigenvalue weighted by molar-refractivity contribution is 0.371. The largest absolute Gasteiger partial charge is 0.340 e. The van der Waals surface area contributed by atoms with Gasteiger partial charge >= 0.3 is 5.69 Å². The zero-order valence-corrected chi connectivity index (χ0v) is 7.63. The Balaban J connectivity index is 2.12. The Labute approximate surface area is 75.9 Å². The Bertz CT molecular complexity index is 329. The van der Waals surface area contributed by atoms with Crippen molar-refractivity contribution in [2.24, 2.45) is 0 Å². The third kappa shape index (κ3) is 1.80. The molecular weight excluding hydrogens is 168 g/mol. The minimum Gasteiger partial charge on any atom is -0.314 e. The molecule has 2 heterocycles. The number of aromatic amines is 2. The van der Waals surface area contributed by atoms with Gasteiger partial charge in [-0.05, 0) is 26.3 Å². The maximum atomic E-state index is 10.8. The zero-order valence-electron chi connectivity index (χ0n) is 7.63. The Kier molecular flexibility index (Phi) is 2.18. The lowest BCUT2D eigenvalue weighted by atomic mass is 9.93. The van der Waals surface area contributed by atoms with Crippen molar-refractivity contribution in [2.75, 3.05) is 6.54 Å². The molecule has 0 aliphatic carbocycles. The molecule has 3 N–H and O–H groups in total. The lowest BCUT2D eigenvalue weighted by Crippen LogP contribution is -2.35. The summed E-state index contributed by atoms with van der Waals surface area (Å²) in [5, 5.41) is 9.71. The molecule has 5 heteroatoms. The number of nitrogens with one attached hydrogen (secondary N) is 3. The van der Waals surface area contributed by atoms with Crippen LogP contribution in [0.1, 0.15) is 31.5 Å². The fourth-order valence-electron chi connectivity index (χ4n) is 1.86. The molecule has 1 fully saturated rings. The van der Waals surface area contributed by atoms with Gasteiger partial charge in [0.05, 0.1) is 0 Å². The van der Waals surface area contributed by atoms with Gasteiger partial charge in [0.2, 0.25) is 0 Å². The van der Waals surface area contributed by atoms with Crippen molar-refractivity contribution in [1.82, 2.24) is 20.5 Å². The molecule has 1 aromatic heterocycles. The maximum absolute atomic E-state index is 10.8. The molecule has 1 aliphatic heterocycles. The molecule has 0 aromatic carbocycles. The summed E-state index contributed by atoms with van der Waals surface area (Å²) in [7, 11) is 0. The molecule has 0 bridgehead atoms. The van der Waals surface area contributed by atoms with Crippen molar-refractivity contribution in [3.05, 3.63) is 16.3 Å². The summed E-state index contributed by atoms with van der Waals surface area (Å²) in [4.78, 5) is 13.5. The molecule has 72 valence electrons. The monoisotopic (exact) mass is 182 g/mol. The second kappa shape index (κ2) is 3.33. The highest BCUT2D eigenvalue weighted by molar-refractivity contribution is 4.97. The molecule has 0 radical (unpaired) electrons. The van der Waals surface area contributed by atoms with Crippen molar-refractivity contribution in [3.63, 3.8) is 0 Å². The highest BCUT2D eigenvalue weighted by Gasteiger charge is 2.22.